The third kappa shape index (κ3) is 42.3. The predicted octanol–water partition coefficient (Wildman–Crippen LogP) is 14.7. The molecule has 0 radical (unpaired) electrons. The Hall–Kier alpha value is -2.40. The van der Waals surface area contributed by atoms with E-state index in [-0.39, 0.29) is 25.2 Å². The van der Waals surface area contributed by atoms with Crippen LogP contribution in [0.5, 0.6) is 0 Å². The molecule has 0 aromatic heterocycles. The number of allylic oxidation sites excluding steroid dienone is 10. The lowest BCUT2D eigenvalue weighted by atomic mass is 10.0. The van der Waals surface area contributed by atoms with Crippen LogP contribution in [0, 0.1) is 0 Å². The van der Waals surface area contributed by atoms with E-state index in [0.29, 0.717) is 12.8 Å². The molecule has 1 atom stereocenters. The molecule has 0 aromatic carbocycles. The number of aliphatic hydroxyl groups is 1. The van der Waals surface area contributed by atoms with E-state index in [1.54, 1.807) is 0 Å². The van der Waals surface area contributed by atoms with Gasteiger partial charge in [-0.25, -0.2) is 0 Å². The lowest BCUT2D eigenvalue weighted by Gasteiger charge is -2.15. The van der Waals surface area contributed by atoms with Crippen molar-refractivity contribution < 1.29 is 24.2 Å². The Kier molecular flexibility index (Phi) is 43.0. The van der Waals surface area contributed by atoms with Crippen molar-refractivity contribution in [2.75, 3.05) is 13.2 Å². The van der Waals surface area contributed by atoms with Gasteiger partial charge in [-0.1, -0.05) is 190 Å². The summed E-state index contributed by atoms with van der Waals surface area (Å²) in [7, 11) is 0. The molecule has 1 N–H and O–H groups in total. The van der Waals surface area contributed by atoms with E-state index in [9.17, 15) is 14.7 Å². The van der Waals surface area contributed by atoms with Crippen LogP contribution in [0.15, 0.2) is 60.8 Å². The fourth-order valence-corrected chi connectivity index (χ4v) is 6.36. The molecule has 5 heteroatoms. The second kappa shape index (κ2) is 45.0. The first kappa shape index (κ1) is 51.6. The Morgan fingerprint density at radius 3 is 1.22 bits per heavy atom. The smallest absolute Gasteiger partial charge is 0.306 e. The van der Waals surface area contributed by atoms with Crippen LogP contribution in [-0.4, -0.2) is 36.4 Å². The summed E-state index contributed by atoms with van der Waals surface area (Å²) in [5.74, 6) is -0.599. The average Bonchev–Trinajstić information content (AvgIpc) is 3.17. The normalized spacial score (nSPS) is 12.7. The van der Waals surface area contributed by atoms with Gasteiger partial charge in [0.05, 0.1) is 6.61 Å². The molecule has 0 aliphatic carbocycles. The number of hydrogen-bond acceptors (Lipinski definition) is 5. The number of unbranched alkanes of at least 4 members (excludes halogenated alkanes) is 23. The van der Waals surface area contributed by atoms with Crippen LogP contribution in [0.25, 0.3) is 0 Å². The molecule has 54 heavy (non-hydrogen) atoms. The molecule has 1 unspecified atom stereocenters. The Labute approximate surface area is 334 Å². The van der Waals surface area contributed by atoms with Crippen LogP contribution in [0.4, 0.5) is 0 Å². The van der Waals surface area contributed by atoms with E-state index < -0.39 is 6.10 Å². The van der Waals surface area contributed by atoms with E-state index >= 15 is 0 Å². The zero-order chi connectivity index (χ0) is 39.3. The lowest BCUT2D eigenvalue weighted by molar-refractivity contribution is -0.161. The summed E-state index contributed by atoms with van der Waals surface area (Å²) < 4.78 is 10.6. The molecule has 0 amide bonds. The topological polar surface area (TPSA) is 72.8 Å². The van der Waals surface area contributed by atoms with Gasteiger partial charge in [-0.3, -0.25) is 9.59 Å². The van der Waals surface area contributed by atoms with Crippen LogP contribution in [-0.2, 0) is 19.1 Å². The van der Waals surface area contributed by atoms with Gasteiger partial charge in [0, 0.05) is 12.8 Å². The zero-order valence-corrected chi connectivity index (χ0v) is 35.5. The second-order valence-corrected chi connectivity index (χ2v) is 15.1. The second-order valence-electron chi connectivity index (χ2n) is 15.1. The standard InChI is InChI=1S/C49H86O5/c1-3-5-7-9-11-13-15-17-18-19-20-21-22-23-24-25-26-27-28-29-30-32-34-36-38-40-42-44-49(52)54-47(45-50)46-53-48(51)43-41-39-37-35-33-31-16-14-12-10-8-6-4-2/h5,7,11,13-14,16-18,20-21,47,50H,3-4,6,8-10,12,15,19,22-46H2,1-2H3/b7-5-,13-11-,16-14-,18-17-,21-20-. The van der Waals surface area contributed by atoms with E-state index in [4.69, 9.17) is 9.47 Å². The van der Waals surface area contributed by atoms with Gasteiger partial charge in [0.15, 0.2) is 6.10 Å². The van der Waals surface area contributed by atoms with Crippen LogP contribution in [0.2, 0.25) is 0 Å². The first-order valence-corrected chi connectivity index (χ1v) is 22.8. The summed E-state index contributed by atoms with van der Waals surface area (Å²) in [6.45, 7) is 4.01. The van der Waals surface area contributed by atoms with Crippen molar-refractivity contribution in [1.82, 2.24) is 0 Å². The molecule has 0 saturated heterocycles. The van der Waals surface area contributed by atoms with E-state index in [2.05, 4.69) is 74.6 Å². The molecule has 0 aromatic rings. The zero-order valence-electron chi connectivity index (χ0n) is 35.5. The van der Waals surface area contributed by atoms with Crippen molar-refractivity contribution in [3.63, 3.8) is 0 Å². The third-order valence-corrected chi connectivity index (χ3v) is 9.80. The molecule has 5 nitrogen and oxygen atoms in total. The average molecular weight is 755 g/mol. The minimum Gasteiger partial charge on any atom is -0.462 e. The Morgan fingerprint density at radius 2 is 0.796 bits per heavy atom. The lowest BCUT2D eigenvalue weighted by Crippen LogP contribution is -2.28. The predicted molar refractivity (Wildman–Crippen MR) is 233 cm³/mol. The number of hydrogen-bond donors (Lipinski definition) is 1. The van der Waals surface area contributed by atoms with Gasteiger partial charge in [0.2, 0.25) is 0 Å². The molecular formula is C49H86O5. The minimum absolute atomic E-state index is 0.0703. The molecular weight excluding hydrogens is 669 g/mol. The Bertz CT molecular complexity index is 946. The largest absolute Gasteiger partial charge is 0.462 e. The van der Waals surface area contributed by atoms with Crippen molar-refractivity contribution in [3.8, 4) is 0 Å². The summed E-state index contributed by atoms with van der Waals surface area (Å²) in [6.07, 6.45) is 58.7. The van der Waals surface area contributed by atoms with Gasteiger partial charge in [-0.15, -0.1) is 0 Å². The van der Waals surface area contributed by atoms with E-state index in [1.807, 2.05) is 0 Å². The highest BCUT2D eigenvalue weighted by Gasteiger charge is 2.16. The molecule has 0 rings (SSSR count). The highest BCUT2D eigenvalue weighted by atomic mass is 16.6. The highest BCUT2D eigenvalue weighted by Crippen LogP contribution is 2.15. The van der Waals surface area contributed by atoms with Crippen molar-refractivity contribution in [2.24, 2.45) is 0 Å². The number of rotatable bonds is 41. The summed E-state index contributed by atoms with van der Waals surface area (Å²) in [5, 5.41) is 9.58. The SMILES string of the molecule is CC/C=C\C/C=C\C/C=C\C/C=C\CCCCCCCCCCCCCCCCC(=O)OC(CO)COC(=O)CCCCCCC/C=C\CCCCCC. The van der Waals surface area contributed by atoms with Crippen molar-refractivity contribution in [3.05, 3.63) is 60.8 Å². The van der Waals surface area contributed by atoms with Crippen molar-refractivity contribution >= 4 is 11.9 Å². The van der Waals surface area contributed by atoms with Gasteiger partial charge < -0.3 is 14.6 Å². The fourth-order valence-electron chi connectivity index (χ4n) is 6.36. The van der Waals surface area contributed by atoms with Gasteiger partial charge in [0.25, 0.3) is 0 Å². The number of carbonyl (C=O) groups excluding carboxylic acids is 2. The maximum atomic E-state index is 12.2. The minimum atomic E-state index is -0.775. The molecule has 0 aliphatic heterocycles. The van der Waals surface area contributed by atoms with Gasteiger partial charge in [-0.05, 0) is 77.0 Å². The molecule has 312 valence electrons. The molecule has 0 spiro atoms. The van der Waals surface area contributed by atoms with Gasteiger partial charge in [-0.2, -0.15) is 0 Å². The molecule has 0 aliphatic rings. The first-order valence-electron chi connectivity index (χ1n) is 22.8. The summed E-state index contributed by atoms with van der Waals surface area (Å²) in [4.78, 5) is 24.3. The van der Waals surface area contributed by atoms with Crippen LogP contribution >= 0.6 is 0 Å². The molecule has 0 fully saturated rings. The highest BCUT2D eigenvalue weighted by molar-refractivity contribution is 5.70. The maximum absolute atomic E-state index is 12.2. The van der Waals surface area contributed by atoms with Crippen LogP contribution in [0.3, 0.4) is 0 Å². The molecule has 0 heterocycles. The number of carbonyl (C=O) groups is 2. The van der Waals surface area contributed by atoms with Crippen molar-refractivity contribution in [2.45, 2.75) is 225 Å². The Morgan fingerprint density at radius 1 is 0.444 bits per heavy atom. The van der Waals surface area contributed by atoms with Crippen LogP contribution in [0.1, 0.15) is 219 Å². The fraction of sp³-hybridized carbons (Fsp3) is 0.755. The molecule has 0 bridgehead atoms. The van der Waals surface area contributed by atoms with E-state index in [1.165, 1.54) is 122 Å². The summed E-state index contributed by atoms with van der Waals surface area (Å²) in [5.41, 5.74) is 0. The number of ether oxygens (including phenoxy) is 2. The van der Waals surface area contributed by atoms with Crippen LogP contribution < -0.4 is 0 Å². The monoisotopic (exact) mass is 755 g/mol. The van der Waals surface area contributed by atoms with E-state index in [0.717, 1.165) is 70.6 Å². The quantitative estimate of drug-likeness (QED) is 0.0382. The number of aliphatic hydroxyl groups excluding tert-OH is 1. The first-order chi connectivity index (χ1) is 26.6. The third-order valence-electron chi connectivity index (χ3n) is 9.80. The Balaban J connectivity index is 3.50. The summed E-state index contributed by atoms with van der Waals surface area (Å²) in [6, 6.07) is 0. The van der Waals surface area contributed by atoms with Crippen molar-refractivity contribution in [1.29, 1.82) is 0 Å². The van der Waals surface area contributed by atoms with Gasteiger partial charge >= 0.3 is 11.9 Å². The maximum Gasteiger partial charge on any atom is 0.306 e. The molecule has 0 saturated carbocycles. The number of esters is 2. The van der Waals surface area contributed by atoms with Gasteiger partial charge in [0.1, 0.15) is 6.61 Å². The summed E-state index contributed by atoms with van der Waals surface area (Å²) >= 11 is 0.